The van der Waals surface area contributed by atoms with Crippen LogP contribution in [0.25, 0.3) is 0 Å². The van der Waals surface area contributed by atoms with Crippen molar-refractivity contribution in [3.8, 4) is 0 Å². The van der Waals surface area contributed by atoms with Gasteiger partial charge in [0.05, 0.1) is 11.8 Å². The van der Waals surface area contributed by atoms with E-state index in [0.717, 1.165) is 24.3 Å². The maximum absolute atomic E-state index is 10.6. The fourth-order valence-electron chi connectivity index (χ4n) is 2.54. The molecular weight excluding hydrogens is 288 g/mol. The van der Waals surface area contributed by atoms with Gasteiger partial charge in [0.25, 0.3) is 0 Å². The molecule has 0 radical (unpaired) electrons. The quantitative estimate of drug-likeness (QED) is 0.873. The van der Waals surface area contributed by atoms with Crippen molar-refractivity contribution in [2.45, 2.75) is 62.7 Å². The third-order valence-electron chi connectivity index (χ3n) is 4.00. The first-order valence-corrected chi connectivity index (χ1v) is 9.70. The monoisotopic (exact) mass is 314 g/mol. The molecule has 1 aliphatic heterocycles. The van der Waals surface area contributed by atoms with Crippen LogP contribution in [0.15, 0.2) is 12.3 Å². The van der Waals surface area contributed by atoms with Crippen LogP contribution >= 0.6 is 23.5 Å². The summed E-state index contributed by atoms with van der Waals surface area (Å²) in [5.41, 5.74) is 1.02. The number of aliphatic hydroxyl groups is 1. The molecule has 4 unspecified atom stereocenters. The van der Waals surface area contributed by atoms with E-state index in [1.807, 2.05) is 34.4 Å². The second-order valence-electron chi connectivity index (χ2n) is 5.47. The fourth-order valence-corrected chi connectivity index (χ4v) is 5.69. The number of thioether (sulfide) groups is 2. The van der Waals surface area contributed by atoms with E-state index >= 15 is 0 Å². The molecule has 0 bridgehead atoms. The molecule has 1 N–H and O–H groups in total. The molecule has 1 aliphatic rings. The Morgan fingerprint density at radius 3 is 2.85 bits per heavy atom. The van der Waals surface area contributed by atoms with E-state index < -0.39 is 0 Å². The van der Waals surface area contributed by atoms with Crippen LogP contribution in [0.3, 0.4) is 0 Å². The van der Waals surface area contributed by atoms with Gasteiger partial charge in [0.2, 0.25) is 0 Å². The van der Waals surface area contributed by atoms with E-state index in [2.05, 4.69) is 31.9 Å². The normalized spacial score (nSPS) is 26.4. The minimum Gasteiger partial charge on any atom is -0.392 e. The Morgan fingerprint density at radius 1 is 1.40 bits per heavy atom. The summed E-state index contributed by atoms with van der Waals surface area (Å²) in [7, 11) is 0. The molecule has 2 heterocycles. The van der Waals surface area contributed by atoms with Crippen molar-refractivity contribution in [1.82, 2.24) is 9.78 Å². The number of aromatic nitrogens is 2. The van der Waals surface area contributed by atoms with Crippen LogP contribution in [-0.4, -0.2) is 43.0 Å². The number of hydrogen-bond acceptors (Lipinski definition) is 4. The summed E-state index contributed by atoms with van der Waals surface area (Å²) in [6, 6.07) is 2.49. The summed E-state index contributed by atoms with van der Waals surface area (Å²) in [4.78, 5) is 0. The average molecular weight is 315 g/mol. The van der Waals surface area contributed by atoms with Crippen LogP contribution in [0.4, 0.5) is 0 Å². The predicted octanol–water partition coefficient (Wildman–Crippen LogP) is 3.38. The van der Waals surface area contributed by atoms with Crippen molar-refractivity contribution in [3.05, 3.63) is 18.0 Å². The summed E-state index contributed by atoms with van der Waals surface area (Å²) in [5.74, 6) is 2.37. The van der Waals surface area contributed by atoms with Crippen molar-refractivity contribution < 1.29 is 5.11 Å². The summed E-state index contributed by atoms with van der Waals surface area (Å²) < 4.78 is 2.02. The maximum Gasteiger partial charge on any atom is 0.0725 e. The highest BCUT2D eigenvalue weighted by molar-refractivity contribution is 8.07. The number of nitrogens with zero attached hydrogens (tertiary/aromatic N) is 2. The summed E-state index contributed by atoms with van der Waals surface area (Å²) in [5, 5.41) is 16.1. The van der Waals surface area contributed by atoms with Gasteiger partial charge in [-0.15, -0.1) is 0 Å². The Bertz CT molecular complexity index is 410. The molecule has 1 fully saturated rings. The maximum atomic E-state index is 10.6. The van der Waals surface area contributed by atoms with Crippen molar-refractivity contribution in [2.24, 2.45) is 0 Å². The van der Waals surface area contributed by atoms with Crippen LogP contribution in [0.1, 0.15) is 45.3 Å². The van der Waals surface area contributed by atoms with E-state index in [-0.39, 0.29) is 6.10 Å². The zero-order valence-electron chi connectivity index (χ0n) is 12.7. The SMILES string of the molecule is CCC1SCCSC1C(O)Cc1ccn(C(C)CC)n1. The van der Waals surface area contributed by atoms with Crippen LogP contribution in [0.5, 0.6) is 0 Å². The largest absolute Gasteiger partial charge is 0.392 e. The van der Waals surface area contributed by atoms with Gasteiger partial charge < -0.3 is 5.11 Å². The van der Waals surface area contributed by atoms with Crippen molar-refractivity contribution in [3.63, 3.8) is 0 Å². The molecule has 0 saturated carbocycles. The zero-order chi connectivity index (χ0) is 14.5. The molecule has 5 heteroatoms. The highest BCUT2D eigenvalue weighted by atomic mass is 32.2. The molecule has 3 nitrogen and oxygen atoms in total. The summed E-state index contributed by atoms with van der Waals surface area (Å²) >= 11 is 3.95. The lowest BCUT2D eigenvalue weighted by Gasteiger charge is -2.33. The second-order valence-corrected chi connectivity index (χ2v) is 8.10. The minimum absolute atomic E-state index is 0.280. The Balaban J connectivity index is 1.96. The first kappa shape index (κ1) is 16.2. The molecule has 0 aliphatic carbocycles. The van der Waals surface area contributed by atoms with Gasteiger partial charge in [-0.3, -0.25) is 4.68 Å². The van der Waals surface area contributed by atoms with E-state index in [9.17, 15) is 5.11 Å². The Morgan fingerprint density at radius 2 is 2.15 bits per heavy atom. The molecule has 0 spiro atoms. The molecule has 0 aromatic carbocycles. The third-order valence-corrected chi connectivity index (χ3v) is 7.39. The van der Waals surface area contributed by atoms with Gasteiger partial charge in [-0.05, 0) is 25.8 Å². The van der Waals surface area contributed by atoms with Gasteiger partial charge in [0, 0.05) is 40.7 Å². The molecule has 20 heavy (non-hydrogen) atoms. The van der Waals surface area contributed by atoms with E-state index in [1.165, 1.54) is 5.75 Å². The van der Waals surface area contributed by atoms with Gasteiger partial charge in [-0.1, -0.05) is 13.8 Å². The highest BCUT2D eigenvalue weighted by Crippen LogP contribution is 2.35. The van der Waals surface area contributed by atoms with Crippen LogP contribution in [0, 0.1) is 0 Å². The van der Waals surface area contributed by atoms with Gasteiger partial charge in [-0.2, -0.15) is 28.6 Å². The van der Waals surface area contributed by atoms with Crippen LogP contribution in [0.2, 0.25) is 0 Å². The molecule has 2 rings (SSSR count). The topological polar surface area (TPSA) is 38.0 Å². The molecule has 0 amide bonds. The molecule has 1 aromatic rings. The van der Waals surface area contributed by atoms with Crippen molar-refractivity contribution in [2.75, 3.05) is 11.5 Å². The average Bonchev–Trinajstić information content (AvgIpc) is 2.94. The van der Waals surface area contributed by atoms with E-state index in [4.69, 9.17) is 0 Å². The van der Waals surface area contributed by atoms with E-state index in [1.54, 1.807) is 0 Å². The lowest BCUT2D eigenvalue weighted by molar-refractivity contribution is 0.168. The highest BCUT2D eigenvalue weighted by Gasteiger charge is 2.31. The molecular formula is C15H26N2OS2. The summed E-state index contributed by atoms with van der Waals surface area (Å²) in [6.07, 6.45) is 4.66. The van der Waals surface area contributed by atoms with Gasteiger partial charge in [-0.25, -0.2) is 0 Å². The smallest absolute Gasteiger partial charge is 0.0725 e. The van der Waals surface area contributed by atoms with Gasteiger partial charge in [0.1, 0.15) is 0 Å². The molecule has 114 valence electrons. The van der Waals surface area contributed by atoms with Gasteiger partial charge >= 0.3 is 0 Å². The van der Waals surface area contributed by atoms with E-state index in [0.29, 0.717) is 23.0 Å². The van der Waals surface area contributed by atoms with Crippen LogP contribution < -0.4 is 0 Å². The number of hydrogen-bond donors (Lipinski definition) is 1. The lowest BCUT2D eigenvalue weighted by Crippen LogP contribution is -2.37. The standard InChI is InChI=1S/C15H26N2OS2/c1-4-11(3)17-7-6-12(16-17)10-13(18)15-14(5-2)19-8-9-20-15/h6-7,11,13-15,18H,4-5,8-10H2,1-3H3. The molecule has 1 aromatic heterocycles. The van der Waals surface area contributed by atoms with Gasteiger partial charge in [0.15, 0.2) is 0 Å². The first-order valence-electron chi connectivity index (χ1n) is 7.61. The molecule has 1 saturated heterocycles. The first-order chi connectivity index (χ1) is 9.65. The number of aliphatic hydroxyl groups excluding tert-OH is 1. The summed E-state index contributed by atoms with van der Waals surface area (Å²) in [6.45, 7) is 6.57. The predicted molar refractivity (Wildman–Crippen MR) is 89.7 cm³/mol. The molecule has 4 atom stereocenters. The number of rotatable bonds is 6. The second kappa shape index (κ2) is 7.76. The van der Waals surface area contributed by atoms with Crippen molar-refractivity contribution >= 4 is 23.5 Å². The zero-order valence-corrected chi connectivity index (χ0v) is 14.3. The minimum atomic E-state index is -0.280. The Hall–Kier alpha value is -0.130. The lowest BCUT2D eigenvalue weighted by atomic mass is 10.1. The van der Waals surface area contributed by atoms with Crippen molar-refractivity contribution in [1.29, 1.82) is 0 Å². The Kier molecular flexibility index (Phi) is 6.30. The Labute approximate surface area is 130 Å². The third kappa shape index (κ3) is 3.95. The van der Waals surface area contributed by atoms with Crippen LogP contribution in [-0.2, 0) is 6.42 Å². The fraction of sp³-hybridized carbons (Fsp3) is 0.800.